The molecule has 0 radical (unpaired) electrons. The number of amides is 1. The molecule has 0 bridgehead atoms. The van der Waals surface area contributed by atoms with Gasteiger partial charge in [0.25, 0.3) is 5.91 Å². The zero-order valence-corrected chi connectivity index (χ0v) is 14.5. The molecule has 6 nitrogen and oxygen atoms in total. The number of rotatable bonds is 3. The van der Waals surface area contributed by atoms with Gasteiger partial charge in [-0.05, 0) is 62.1 Å². The maximum Gasteiger partial charge on any atom is 0.254 e. The van der Waals surface area contributed by atoms with Gasteiger partial charge in [-0.25, -0.2) is 13.6 Å². The number of hydrogen-bond acceptors (Lipinski definition) is 4. The molecule has 24 heavy (non-hydrogen) atoms. The van der Waals surface area contributed by atoms with Crippen molar-refractivity contribution in [3.8, 4) is 0 Å². The monoisotopic (exact) mass is 348 g/mol. The summed E-state index contributed by atoms with van der Waals surface area (Å²) in [5.74, 6) is 0.554. The summed E-state index contributed by atoms with van der Waals surface area (Å²) >= 11 is 0. The molecule has 2 N–H and O–H groups in total. The van der Waals surface area contributed by atoms with Crippen molar-refractivity contribution in [1.82, 2.24) is 4.90 Å². The Hall–Kier alpha value is -2.12. The number of benzene rings is 1. The van der Waals surface area contributed by atoms with Crippen molar-refractivity contribution >= 4 is 15.9 Å². The highest BCUT2D eigenvalue weighted by Gasteiger charge is 2.33. The molecule has 1 aromatic heterocycles. The fourth-order valence-electron chi connectivity index (χ4n) is 3.15. The summed E-state index contributed by atoms with van der Waals surface area (Å²) in [6, 6.07) is 6.40. The largest absolute Gasteiger partial charge is 0.467 e. The Bertz CT molecular complexity index is 872. The fourth-order valence-corrected chi connectivity index (χ4v) is 3.78. The number of nitrogens with two attached hydrogens (primary N) is 1. The summed E-state index contributed by atoms with van der Waals surface area (Å²) in [5.41, 5.74) is 1.86. The predicted octanol–water partition coefficient (Wildman–Crippen LogP) is 2.52. The van der Waals surface area contributed by atoms with E-state index in [1.807, 2.05) is 13.0 Å². The summed E-state index contributed by atoms with van der Waals surface area (Å²) in [6.07, 6.45) is 3.30. The summed E-state index contributed by atoms with van der Waals surface area (Å²) in [5, 5.41) is 5.24. The van der Waals surface area contributed by atoms with Gasteiger partial charge in [0.05, 0.1) is 17.2 Å². The summed E-state index contributed by atoms with van der Waals surface area (Å²) in [6.45, 7) is 4.20. The molecule has 1 unspecified atom stereocenters. The van der Waals surface area contributed by atoms with Gasteiger partial charge in [-0.1, -0.05) is 0 Å². The third kappa shape index (κ3) is 2.97. The second-order valence-electron chi connectivity index (χ2n) is 6.13. The molecule has 0 aliphatic carbocycles. The van der Waals surface area contributed by atoms with E-state index in [-0.39, 0.29) is 16.8 Å². The van der Waals surface area contributed by atoms with E-state index in [9.17, 15) is 13.2 Å². The van der Waals surface area contributed by atoms with Crippen molar-refractivity contribution < 1.29 is 17.6 Å². The first-order valence-electron chi connectivity index (χ1n) is 7.77. The average molecular weight is 348 g/mol. The standard InChI is InChI=1S/C17H20N2O4S/c1-11-9-13(24(18,21)22)10-14(12(11)2)17(20)19-7-3-5-15(19)16-6-4-8-23-16/h4,6,8-10,15H,3,5,7H2,1-2H3,(H2,18,21,22). The number of carbonyl (C=O) groups excluding carboxylic acids is 1. The van der Waals surface area contributed by atoms with Crippen LogP contribution in [-0.2, 0) is 10.0 Å². The van der Waals surface area contributed by atoms with Crippen LogP contribution >= 0.6 is 0 Å². The molecule has 1 fully saturated rings. The zero-order valence-electron chi connectivity index (χ0n) is 13.7. The summed E-state index contributed by atoms with van der Waals surface area (Å²) < 4.78 is 28.8. The van der Waals surface area contributed by atoms with Gasteiger partial charge in [-0.2, -0.15) is 0 Å². The van der Waals surface area contributed by atoms with Gasteiger partial charge in [-0.3, -0.25) is 4.79 Å². The molecule has 1 aliphatic rings. The Kier molecular flexibility index (Phi) is 4.23. The van der Waals surface area contributed by atoms with Crippen LogP contribution in [0, 0.1) is 13.8 Å². The number of aryl methyl sites for hydroxylation is 1. The number of likely N-dealkylation sites (tertiary alicyclic amines) is 1. The van der Waals surface area contributed by atoms with Crippen LogP contribution in [0.5, 0.6) is 0 Å². The van der Waals surface area contributed by atoms with Gasteiger partial charge in [0.15, 0.2) is 0 Å². The first kappa shape index (κ1) is 16.7. The molecule has 3 rings (SSSR count). The predicted molar refractivity (Wildman–Crippen MR) is 89.0 cm³/mol. The lowest BCUT2D eigenvalue weighted by Gasteiger charge is -2.24. The summed E-state index contributed by atoms with van der Waals surface area (Å²) in [4.78, 5) is 14.8. The highest BCUT2D eigenvalue weighted by Crippen LogP contribution is 2.34. The van der Waals surface area contributed by atoms with Gasteiger partial charge in [0, 0.05) is 12.1 Å². The van der Waals surface area contributed by atoms with Crippen molar-refractivity contribution in [1.29, 1.82) is 0 Å². The average Bonchev–Trinajstić information content (AvgIpc) is 3.18. The second kappa shape index (κ2) is 6.07. The maximum atomic E-state index is 13.1. The molecule has 1 saturated heterocycles. The fraction of sp³-hybridized carbons (Fsp3) is 0.353. The highest BCUT2D eigenvalue weighted by molar-refractivity contribution is 7.89. The first-order valence-corrected chi connectivity index (χ1v) is 9.32. The topological polar surface area (TPSA) is 93.6 Å². The molecule has 7 heteroatoms. The lowest BCUT2D eigenvalue weighted by molar-refractivity contribution is 0.0719. The van der Waals surface area contributed by atoms with Gasteiger partial charge in [0.2, 0.25) is 10.0 Å². The molecule has 2 aromatic rings. The first-order chi connectivity index (χ1) is 11.3. The molecule has 1 aliphatic heterocycles. The van der Waals surface area contributed by atoms with E-state index in [0.717, 1.165) is 29.7 Å². The van der Waals surface area contributed by atoms with Crippen LogP contribution in [0.4, 0.5) is 0 Å². The molecule has 128 valence electrons. The van der Waals surface area contributed by atoms with E-state index in [2.05, 4.69) is 0 Å². The number of nitrogens with zero attached hydrogens (tertiary/aromatic N) is 1. The Balaban J connectivity index is 2.02. The quantitative estimate of drug-likeness (QED) is 0.922. The van der Waals surface area contributed by atoms with Crippen molar-refractivity contribution in [2.75, 3.05) is 6.54 Å². The van der Waals surface area contributed by atoms with Crippen molar-refractivity contribution in [2.24, 2.45) is 5.14 Å². The Morgan fingerprint density at radius 3 is 2.71 bits per heavy atom. The normalized spacial score (nSPS) is 18.1. The molecule has 0 spiro atoms. The maximum absolute atomic E-state index is 13.1. The third-order valence-electron chi connectivity index (χ3n) is 4.59. The van der Waals surface area contributed by atoms with Crippen LogP contribution in [0.1, 0.15) is 46.1 Å². The Morgan fingerprint density at radius 2 is 2.08 bits per heavy atom. The molecular formula is C17H20N2O4S. The molecule has 2 heterocycles. The van der Waals surface area contributed by atoms with E-state index in [1.54, 1.807) is 24.2 Å². The van der Waals surface area contributed by atoms with Gasteiger partial charge in [-0.15, -0.1) is 0 Å². The van der Waals surface area contributed by atoms with Crippen LogP contribution in [0.3, 0.4) is 0 Å². The number of primary sulfonamides is 1. The lowest BCUT2D eigenvalue weighted by atomic mass is 10.0. The smallest absolute Gasteiger partial charge is 0.254 e. The minimum atomic E-state index is -3.87. The van der Waals surface area contributed by atoms with Crippen LogP contribution in [0.2, 0.25) is 0 Å². The van der Waals surface area contributed by atoms with Crippen molar-refractivity contribution in [3.05, 3.63) is 53.0 Å². The molecule has 1 amide bonds. The number of carbonyl (C=O) groups is 1. The van der Waals surface area contributed by atoms with E-state index in [1.165, 1.54) is 12.1 Å². The lowest BCUT2D eigenvalue weighted by Crippen LogP contribution is -2.31. The van der Waals surface area contributed by atoms with Crippen molar-refractivity contribution in [3.63, 3.8) is 0 Å². The number of furan rings is 1. The minimum absolute atomic E-state index is 0.0392. The van der Waals surface area contributed by atoms with E-state index in [4.69, 9.17) is 9.56 Å². The number of sulfonamides is 1. The van der Waals surface area contributed by atoms with Crippen LogP contribution in [-0.4, -0.2) is 25.8 Å². The minimum Gasteiger partial charge on any atom is -0.467 e. The SMILES string of the molecule is Cc1cc(S(N)(=O)=O)cc(C(=O)N2CCCC2c2ccco2)c1C. The van der Waals surface area contributed by atoms with Gasteiger partial charge < -0.3 is 9.32 Å². The third-order valence-corrected chi connectivity index (χ3v) is 5.48. The molecule has 1 atom stereocenters. The van der Waals surface area contributed by atoms with Crippen LogP contribution < -0.4 is 5.14 Å². The summed E-state index contributed by atoms with van der Waals surface area (Å²) in [7, 11) is -3.87. The van der Waals surface area contributed by atoms with Gasteiger partial charge in [0.1, 0.15) is 5.76 Å². The van der Waals surface area contributed by atoms with Crippen LogP contribution in [0.25, 0.3) is 0 Å². The van der Waals surface area contributed by atoms with E-state index in [0.29, 0.717) is 12.1 Å². The van der Waals surface area contributed by atoms with E-state index < -0.39 is 10.0 Å². The number of hydrogen-bond donors (Lipinski definition) is 1. The highest BCUT2D eigenvalue weighted by atomic mass is 32.2. The van der Waals surface area contributed by atoms with Crippen molar-refractivity contribution in [2.45, 2.75) is 37.6 Å². The molecular weight excluding hydrogens is 328 g/mol. The molecule has 1 aromatic carbocycles. The second-order valence-corrected chi connectivity index (χ2v) is 7.69. The zero-order chi connectivity index (χ0) is 17.5. The van der Waals surface area contributed by atoms with E-state index >= 15 is 0 Å². The Labute approximate surface area is 141 Å². The molecule has 0 saturated carbocycles. The van der Waals surface area contributed by atoms with Gasteiger partial charge >= 0.3 is 0 Å². The Morgan fingerprint density at radius 1 is 1.33 bits per heavy atom. The van der Waals surface area contributed by atoms with Crippen LogP contribution in [0.15, 0.2) is 39.8 Å².